The van der Waals surface area contributed by atoms with E-state index in [-0.39, 0.29) is 0 Å². The summed E-state index contributed by atoms with van der Waals surface area (Å²) in [5.41, 5.74) is 0. The van der Waals surface area contributed by atoms with Crippen LogP contribution < -0.4 is 0 Å². The summed E-state index contributed by atoms with van der Waals surface area (Å²) >= 11 is 3.02. The second-order valence-electron chi connectivity index (χ2n) is 3.96. The number of benzene rings is 1. The Morgan fingerprint density at radius 1 is 0.900 bits per heavy atom. The van der Waals surface area contributed by atoms with E-state index in [2.05, 4.69) is 15.9 Å². The zero-order chi connectivity index (χ0) is 16.0. The smallest absolute Gasteiger partial charge is 0.295 e. The van der Waals surface area contributed by atoms with E-state index in [1.165, 1.54) is 12.1 Å². The van der Waals surface area contributed by atoms with Gasteiger partial charge in [0, 0.05) is 4.47 Å². The maximum atomic E-state index is 12.2. The highest BCUT2D eigenvalue weighted by Crippen LogP contribution is 2.37. The molecule has 0 fully saturated rings. The second-order valence-corrected chi connectivity index (χ2v) is 7.00. The molecule has 0 bridgehead atoms. The summed E-state index contributed by atoms with van der Waals surface area (Å²) in [6.07, 6.45) is 0. The lowest BCUT2D eigenvalue weighted by molar-refractivity contribution is -0.407. The van der Waals surface area contributed by atoms with Gasteiger partial charge in [0.25, 0.3) is 11.9 Å². The van der Waals surface area contributed by atoms with Gasteiger partial charge >= 0.3 is 0 Å². The van der Waals surface area contributed by atoms with Crippen molar-refractivity contribution in [3.05, 3.63) is 28.7 Å². The number of sulfone groups is 1. The molecule has 11 heteroatoms. The minimum atomic E-state index is -5.18. The molecule has 20 heavy (non-hydrogen) atoms. The first-order valence-corrected chi connectivity index (χ1v) is 7.16. The molecule has 0 heterocycles. The molecular weight excluding hydrogens is 359 g/mol. The van der Waals surface area contributed by atoms with Gasteiger partial charge in [-0.25, -0.2) is 8.42 Å². The lowest BCUT2D eigenvalue weighted by atomic mass is 9.81. The van der Waals surface area contributed by atoms with Crippen LogP contribution in [0.4, 0.5) is 0 Å². The van der Waals surface area contributed by atoms with Gasteiger partial charge in [0.2, 0.25) is 0 Å². The van der Waals surface area contributed by atoms with Crippen LogP contribution in [0, 0.1) is 0 Å². The standard InChI is InChI=1S/C9H10BBrO8S/c10-7(8(12,13)14,9(15,16)17)20(18,19)6-3-1-5(11)2-4-6/h1-4,12-17H. The van der Waals surface area contributed by atoms with Gasteiger partial charge in [-0.2, -0.15) is 0 Å². The molecule has 0 amide bonds. The van der Waals surface area contributed by atoms with Crippen LogP contribution in [0.2, 0.25) is 0 Å². The Kier molecular flexibility index (Phi) is 4.41. The number of hydrogen-bond donors (Lipinski definition) is 6. The van der Waals surface area contributed by atoms with E-state index in [9.17, 15) is 8.42 Å². The van der Waals surface area contributed by atoms with E-state index in [0.29, 0.717) is 4.47 Å². The van der Waals surface area contributed by atoms with E-state index in [0.717, 1.165) is 12.1 Å². The fourth-order valence-corrected chi connectivity index (χ4v) is 3.24. The zero-order valence-electron chi connectivity index (χ0n) is 9.67. The summed E-state index contributed by atoms with van der Waals surface area (Å²) in [6, 6.07) is 4.32. The van der Waals surface area contributed by atoms with E-state index in [1.807, 2.05) is 0 Å². The Balaban J connectivity index is 3.61. The van der Waals surface area contributed by atoms with Crippen LogP contribution in [-0.2, 0) is 9.84 Å². The van der Waals surface area contributed by atoms with E-state index >= 15 is 0 Å². The maximum Gasteiger partial charge on any atom is 0.295 e. The van der Waals surface area contributed by atoms with Gasteiger partial charge in [-0.15, -0.1) is 0 Å². The molecule has 2 radical (unpaired) electrons. The first-order chi connectivity index (χ1) is 8.75. The van der Waals surface area contributed by atoms with Gasteiger partial charge in [-0.05, 0) is 24.3 Å². The molecule has 6 N–H and O–H groups in total. The number of aliphatic hydroxyl groups is 6. The quantitative estimate of drug-likeness (QED) is 0.248. The van der Waals surface area contributed by atoms with Crippen LogP contribution in [0.15, 0.2) is 33.6 Å². The molecule has 1 rings (SSSR count). The first-order valence-electron chi connectivity index (χ1n) is 4.88. The Labute approximate surface area is 123 Å². The monoisotopic (exact) mass is 368 g/mol. The lowest BCUT2D eigenvalue weighted by Crippen LogP contribution is -2.72. The zero-order valence-corrected chi connectivity index (χ0v) is 12.1. The van der Waals surface area contributed by atoms with Crippen molar-refractivity contribution >= 4 is 33.6 Å². The van der Waals surface area contributed by atoms with E-state index < -0.39 is 31.3 Å². The third-order valence-corrected chi connectivity index (χ3v) is 5.36. The van der Waals surface area contributed by atoms with Gasteiger partial charge in [0.05, 0.1) is 4.90 Å². The van der Waals surface area contributed by atoms with Gasteiger partial charge in [-0.1, -0.05) is 15.9 Å². The Bertz CT molecular complexity index is 572. The Morgan fingerprint density at radius 2 is 1.25 bits per heavy atom. The fraction of sp³-hybridized carbons (Fsp3) is 0.333. The van der Waals surface area contributed by atoms with Crippen molar-refractivity contribution in [1.29, 1.82) is 0 Å². The molecule has 0 saturated heterocycles. The molecule has 1 aromatic carbocycles. The third kappa shape index (κ3) is 2.63. The molecule has 110 valence electrons. The van der Waals surface area contributed by atoms with Crippen LogP contribution in [0.5, 0.6) is 0 Å². The summed E-state index contributed by atoms with van der Waals surface area (Å²) in [6.45, 7) is 0. The van der Waals surface area contributed by atoms with Gasteiger partial charge in [0.1, 0.15) is 7.85 Å². The van der Waals surface area contributed by atoms with Crippen molar-refractivity contribution < 1.29 is 39.1 Å². The SMILES string of the molecule is [B]C(C(O)(O)O)(C(O)(O)O)S(=O)(=O)c1ccc(Br)cc1. The van der Waals surface area contributed by atoms with Gasteiger partial charge < -0.3 is 30.6 Å². The molecule has 0 spiro atoms. The topological polar surface area (TPSA) is 156 Å². The van der Waals surface area contributed by atoms with Crippen LogP contribution >= 0.6 is 15.9 Å². The van der Waals surface area contributed by atoms with Crippen LogP contribution in [0.25, 0.3) is 0 Å². The number of halogens is 1. The number of rotatable bonds is 4. The second kappa shape index (κ2) is 5.03. The molecule has 0 aliphatic carbocycles. The largest absolute Gasteiger partial charge is 0.343 e. The molecule has 0 aromatic heterocycles. The van der Waals surface area contributed by atoms with Crippen molar-refractivity contribution in [2.45, 2.75) is 21.5 Å². The van der Waals surface area contributed by atoms with E-state index in [1.54, 1.807) is 0 Å². The summed E-state index contributed by atoms with van der Waals surface area (Å²) in [7, 11) is -0.176. The Morgan fingerprint density at radius 3 is 1.55 bits per heavy atom. The minimum Gasteiger partial charge on any atom is -0.343 e. The summed E-state index contributed by atoms with van der Waals surface area (Å²) in [5.74, 6) is -8.70. The van der Waals surface area contributed by atoms with Crippen molar-refractivity contribution in [2.75, 3.05) is 0 Å². The average molecular weight is 369 g/mol. The summed E-state index contributed by atoms with van der Waals surface area (Å²) in [5, 5.41) is 54.2. The molecular formula is C9H10BBrO8S. The highest BCUT2D eigenvalue weighted by Gasteiger charge is 2.67. The summed E-state index contributed by atoms with van der Waals surface area (Å²) in [4.78, 5) is -0.703. The van der Waals surface area contributed by atoms with Crippen LogP contribution in [0.3, 0.4) is 0 Å². The molecule has 0 aliphatic rings. The minimum absolute atomic E-state index is 0.464. The van der Waals surface area contributed by atoms with E-state index in [4.69, 9.17) is 38.5 Å². The highest BCUT2D eigenvalue weighted by atomic mass is 79.9. The molecule has 8 nitrogen and oxygen atoms in total. The normalized spacial score (nSPS) is 14.3. The van der Waals surface area contributed by atoms with Gasteiger partial charge in [-0.3, -0.25) is 0 Å². The number of hydrogen-bond acceptors (Lipinski definition) is 8. The molecule has 0 aliphatic heterocycles. The van der Waals surface area contributed by atoms with Crippen molar-refractivity contribution in [3.8, 4) is 0 Å². The van der Waals surface area contributed by atoms with Gasteiger partial charge in [0.15, 0.2) is 14.5 Å². The van der Waals surface area contributed by atoms with Crippen molar-refractivity contribution in [1.82, 2.24) is 0 Å². The predicted octanol–water partition coefficient (Wildman–Crippen LogP) is -2.65. The molecule has 0 unspecified atom stereocenters. The lowest BCUT2D eigenvalue weighted by Gasteiger charge is -2.41. The van der Waals surface area contributed by atoms with Crippen molar-refractivity contribution in [3.63, 3.8) is 0 Å². The van der Waals surface area contributed by atoms with Crippen LogP contribution in [-0.4, -0.2) is 63.5 Å². The first kappa shape index (κ1) is 17.5. The predicted molar refractivity (Wildman–Crippen MR) is 68.6 cm³/mol. The Hall–Kier alpha value is -0.525. The molecule has 0 saturated carbocycles. The average Bonchev–Trinajstić information content (AvgIpc) is 2.25. The molecule has 1 aromatic rings. The maximum absolute atomic E-state index is 12.2. The fourth-order valence-electron chi connectivity index (χ4n) is 1.39. The summed E-state index contributed by atoms with van der Waals surface area (Å²) < 4.78 is 20.7. The van der Waals surface area contributed by atoms with Crippen molar-refractivity contribution in [2.24, 2.45) is 0 Å². The van der Waals surface area contributed by atoms with Crippen LogP contribution in [0.1, 0.15) is 0 Å². The third-order valence-electron chi connectivity index (χ3n) is 2.54. The molecule has 0 atom stereocenters. The highest BCUT2D eigenvalue weighted by molar-refractivity contribution is 9.10.